The molecule has 0 atom stereocenters. The molecule has 0 amide bonds. The molecule has 2 nitrogen and oxygen atoms in total. The lowest BCUT2D eigenvalue weighted by Crippen LogP contribution is -2.28. The van der Waals surface area contributed by atoms with Crippen LogP contribution in [0.15, 0.2) is 29.2 Å². The second kappa shape index (κ2) is 6.92. The van der Waals surface area contributed by atoms with Gasteiger partial charge in [0.2, 0.25) is 0 Å². The highest BCUT2D eigenvalue weighted by molar-refractivity contribution is 7.98. The molecular formula is C14H22N2S. The zero-order valence-electron chi connectivity index (χ0n) is 10.5. The molecule has 0 bridgehead atoms. The van der Waals surface area contributed by atoms with Gasteiger partial charge >= 0.3 is 0 Å². The summed E-state index contributed by atoms with van der Waals surface area (Å²) in [7, 11) is 0. The van der Waals surface area contributed by atoms with Crippen molar-refractivity contribution in [3.8, 4) is 0 Å². The van der Waals surface area contributed by atoms with Crippen LogP contribution in [0.5, 0.6) is 0 Å². The lowest BCUT2D eigenvalue weighted by Gasteiger charge is -2.22. The van der Waals surface area contributed by atoms with Crippen molar-refractivity contribution in [2.45, 2.75) is 24.2 Å². The van der Waals surface area contributed by atoms with Crippen molar-refractivity contribution >= 4 is 17.4 Å². The van der Waals surface area contributed by atoms with E-state index in [9.17, 15) is 0 Å². The first-order valence-electron chi connectivity index (χ1n) is 6.47. The van der Waals surface area contributed by atoms with Crippen LogP contribution in [0.4, 0.5) is 5.69 Å². The van der Waals surface area contributed by atoms with Gasteiger partial charge in [-0.3, -0.25) is 0 Å². The number of hydrogen-bond acceptors (Lipinski definition) is 3. The second-order valence-electron chi connectivity index (χ2n) is 4.64. The molecule has 0 aromatic heterocycles. The summed E-state index contributed by atoms with van der Waals surface area (Å²) in [5, 5.41) is 6.93. The van der Waals surface area contributed by atoms with Crippen LogP contribution in [0.3, 0.4) is 0 Å². The van der Waals surface area contributed by atoms with Crippen LogP contribution in [0.25, 0.3) is 0 Å². The molecule has 94 valence electrons. The molecule has 0 radical (unpaired) electrons. The van der Waals surface area contributed by atoms with E-state index >= 15 is 0 Å². The highest BCUT2D eigenvalue weighted by atomic mass is 32.2. The van der Waals surface area contributed by atoms with E-state index in [4.69, 9.17) is 0 Å². The van der Waals surface area contributed by atoms with Gasteiger partial charge in [0, 0.05) is 17.1 Å². The summed E-state index contributed by atoms with van der Waals surface area (Å²) in [6.07, 6.45) is 6.09. The van der Waals surface area contributed by atoms with Crippen molar-refractivity contribution in [3.05, 3.63) is 24.3 Å². The highest BCUT2D eigenvalue weighted by Gasteiger charge is 2.11. The molecule has 0 saturated carbocycles. The van der Waals surface area contributed by atoms with Crippen LogP contribution in [0.2, 0.25) is 0 Å². The average Bonchev–Trinajstić information content (AvgIpc) is 2.41. The van der Waals surface area contributed by atoms with Gasteiger partial charge in [-0.15, -0.1) is 11.8 Å². The SMILES string of the molecule is CSc1ccc(NCCC2CCNCC2)cc1. The van der Waals surface area contributed by atoms with Gasteiger partial charge in [0.05, 0.1) is 0 Å². The van der Waals surface area contributed by atoms with Gasteiger partial charge in [-0.25, -0.2) is 0 Å². The zero-order chi connectivity index (χ0) is 11.9. The van der Waals surface area contributed by atoms with E-state index < -0.39 is 0 Å². The summed E-state index contributed by atoms with van der Waals surface area (Å²) < 4.78 is 0. The monoisotopic (exact) mass is 250 g/mol. The Labute approximate surface area is 109 Å². The number of thioether (sulfide) groups is 1. The topological polar surface area (TPSA) is 24.1 Å². The van der Waals surface area contributed by atoms with Crippen LogP contribution in [0.1, 0.15) is 19.3 Å². The van der Waals surface area contributed by atoms with Crippen molar-refractivity contribution in [2.75, 3.05) is 31.2 Å². The Morgan fingerprint density at radius 3 is 2.59 bits per heavy atom. The molecule has 1 heterocycles. The minimum Gasteiger partial charge on any atom is -0.385 e. The third-order valence-corrected chi connectivity index (χ3v) is 4.17. The summed E-state index contributed by atoms with van der Waals surface area (Å²) >= 11 is 1.79. The lowest BCUT2D eigenvalue weighted by atomic mass is 9.95. The fourth-order valence-corrected chi connectivity index (χ4v) is 2.71. The van der Waals surface area contributed by atoms with Crippen molar-refractivity contribution in [2.24, 2.45) is 5.92 Å². The average molecular weight is 250 g/mol. The van der Waals surface area contributed by atoms with Crippen LogP contribution in [-0.4, -0.2) is 25.9 Å². The molecule has 2 N–H and O–H groups in total. The first kappa shape index (κ1) is 12.8. The summed E-state index contributed by atoms with van der Waals surface area (Å²) in [6, 6.07) is 8.71. The van der Waals surface area contributed by atoms with Crippen molar-refractivity contribution in [1.82, 2.24) is 5.32 Å². The fraction of sp³-hybridized carbons (Fsp3) is 0.571. The Morgan fingerprint density at radius 2 is 1.94 bits per heavy atom. The Hall–Kier alpha value is -0.670. The first-order valence-corrected chi connectivity index (χ1v) is 7.69. The third kappa shape index (κ3) is 4.25. The Bertz CT molecular complexity index is 317. The Kier molecular flexibility index (Phi) is 5.20. The Morgan fingerprint density at radius 1 is 1.24 bits per heavy atom. The molecule has 2 rings (SSSR count). The number of anilines is 1. The predicted octanol–water partition coefficient (Wildman–Crippen LogP) is 3.21. The van der Waals surface area contributed by atoms with Crippen LogP contribution in [0, 0.1) is 5.92 Å². The molecule has 1 aromatic carbocycles. The maximum Gasteiger partial charge on any atom is 0.0340 e. The third-order valence-electron chi connectivity index (χ3n) is 3.43. The standard InChI is InChI=1S/C14H22N2S/c1-17-14-4-2-13(3-5-14)16-11-8-12-6-9-15-10-7-12/h2-5,12,15-16H,6-11H2,1H3. The number of hydrogen-bond donors (Lipinski definition) is 2. The van der Waals surface area contributed by atoms with E-state index in [0.717, 1.165) is 12.5 Å². The van der Waals surface area contributed by atoms with E-state index in [-0.39, 0.29) is 0 Å². The van der Waals surface area contributed by atoms with Gasteiger partial charge in [0.1, 0.15) is 0 Å². The molecule has 1 aliphatic heterocycles. The van der Waals surface area contributed by atoms with E-state index in [1.807, 2.05) is 0 Å². The van der Waals surface area contributed by atoms with Crippen molar-refractivity contribution < 1.29 is 0 Å². The zero-order valence-corrected chi connectivity index (χ0v) is 11.4. The first-order chi connectivity index (χ1) is 8.38. The normalized spacial score (nSPS) is 17.0. The molecule has 0 unspecified atom stereocenters. The maximum atomic E-state index is 3.51. The summed E-state index contributed by atoms with van der Waals surface area (Å²) in [5.74, 6) is 0.911. The quantitative estimate of drug-likeness (QED) is 0.785. The van der Waals surface area contributed by atoms with Gasteiger partial charge in [-0.1, -0.05) is 0 Å². The molecule has 1 aromatic rings. The summed E-state index contributed by atoms with van der Waals surface area (Å²) in [4.78, 5) is 1.33. The molecule has 17 heavy (non-hydrogen) atoms. The molecular weight excluding hydrogens is 228 g/mol. The van der Waals surface area contributed by atoms with E-state index in [2.05, 4.69) is 41.2 Å². The predicted molar refractivity (Wildman–Crippen MR) is 76.9 cm³/mol. The lowest BCUT2D eigenvalue weighted by molar-refractivity contribution is 0.361. The molecule has 1 saturated heterocycles. The molecule has 1 fully saturated rings. The van der Waals surface area contributed by atoms with Gasteiger partial charge in [-0.2, -0.15) is 0 Å². The van der Waals surface area contributed by atoms with E-state index in [0.29, 0.717) is 0 Å². The maximum absolute atomic E-state index is 3.51. The van der Waals surface area contributed by atoms with Crippen molar-refractivity contribution in [1.29, 1.82) is 0 Å². The van der Waals surface area contributed by atoms with Crippen molar-refractivity contribution in [3.63, 3.8) is 0 Å². The van der Waals surface area contributed by atoms with E-state index in [1.54, 1.807) is 11.8 Å². The number of nitrogens with one attached hydrogen (secondary N) is 2. The summed E-state index contributed by atoms with van der Waals surface area (Å²) in [6.45, 7) is 3.50. The molecule has 3 heteroatoms. The summed E-state index contributed by atoms with van der Waals surface area (Å²) in [5.41, 5.74) is 1.25. The number of rotatable bonds is 5. The molecule has 0 aliphatic carbocycles. The number of benzene rings is 1. The minimum atomic E-state index is 0.911. The largest absolute Gasteiger partial charge is 0.385 e. The minimum absolute atomic E-state index is 0.911. The fourth-order valence-electron chi connectivity index (χ4n) is 2.30. The van der Waals surface area contributed by atoms with Crippen LogP contribution < -0.4 is 10.6 Å². The van der Waals surface area contributed by atoms with Gasteiger partial charge in [-0.05, 0) is 68.8 Å². The molecule has 1 aliphatic rings. The second-order valence-corrected chi connectivity index (χ2v) is 5.52. The van der Waals surface area contributed by atoms with E-state index in [1.165, 1.54) is 42.9 Å². The van der Waals surface area contributed by atoms with Gasteiger partial charge in [0.15, 0.2) is 0 Å². The van der Waals surface area contributed by atoms with Gasteiger partial charge in [0.25, 0.3) is 0 Å². The highest BCUT2D eigenvalue weighted by Crippen LogP contribution is 2.19. The Balaban J connectivity index is 1.69. The smallest absolute Gasteiger partial charge is 0.0340 e. The van der Waals surface area contributed by atoms with Crippen LogP contribution in [-0.2, 0) is 0 Å². The number of piperidine rings is 1. The van der Waals surface area contributed by atoms with Crippen LogP contribution >= 0.6 is 11.8 Å². The van der Waals surface area contributed by atoms with Gasteiger partial charge < -0.3 is 10.6 Å². The molecule has 0 spiro atoms.